The lowest BCUT2D eigenvalue weighted by atomic mass is 10.3. The van der Waals surface area contributed by atoms with E-state index in [0.29, 0.717) is 21.1 Å². The number of anilines is 1. The number of nitrogens with zero attached hydrogens (tertiary/aromatic N) is 1. The van der Waals surface area contributed by atoms with Gasteiger partial charge in [-0.1, -0.05) is 11.3 Å². The van der Waals surface area contributed by atoms with Crippen molar-refractivity contribution < 1.29 is 17.6 Å². The van der Waals surface area contributed by atoms with Crippen molar-refractivity contribution in [2.24, 2.45) is 0 Å². The van der Waals surface area contributed by atoms with Crippen LogP contribution in [0.2, 0.25) is 0 Å². The van der Waals surface area contributed by atoms with Gasteiger partial charge in [0.2, 0.25) is 5.91 Å². The van der Waals surface area contributed by atoms with E-state index < -0.39 is 9.84 Å². The third kappa shape index (κ3) is 3.66. The van der Waals surface area contributed by atoms with Gasteiger partial charge in [0, 0.05) is 12.3 Å². The van der Waals surface area contributed by atoms with Crippen LogP contribution in [0, 0.1) is 0 Å². The molecule has 0 atom stereocenters. The van der Waals surface area contributed by atoms with E-state index >= 15 is 0 Å². The highest BCUT2D eigenvalue weighted by Crippen LogP contribution is 2.28. The summed E-state index contributed by atoms with van der Waals surface area (Å²) < 4.78 is 28.9. The number of aromatic nitrogens is 1. The largest absolute Gasteiger partial charge is 0.465 e. The molecule has 6 nitrogen and oxygen atoms in total. The molecule has 0 unspecified atom stereocenters. The zero-order valence-corrected chi connectivity index (χ0v) is 13.6. The number of furan rings is 1. The molecule has 3 rings (SSSR count). The van der Waals surface area contributed by atoms with Crippen LogP contribution < -0.4 is 5.32 Å². The first kappa shape index (κ1) is 15.4. The monoisotopic (exact) mass is 348 g/mol. The molecule has 0 radical (unpaired) electrons. The second kappa shape index (κ2) is 5.98. The Morgan fingerprint density at radius 3 is 2.87 bits per heavy atom. The van der Waals surface area contributed by atoms with Gasteiger partial charge in [-0.2, -0.15) is 0 Å². The molecule has 23 heavy (non-hydrogen) atoms. The third-order valence-corrected chi connectivity index (χ3v) is 5.00. The minimum atomic E-state index is -3.27. The molecule has 0 saturated carbocycles. The molecule has 0 aliphatic rings. The summed E-state index contributed by atoms with van der Waals surface area (Å²) in [6.45, 7) is 0. The molecule has 2 aromatic heterocycles. The molecule has 0 aliphatic carbocycles. The number of nitrogens with one attached hydrogen (secondary N) is 1. The third-order valence-electron chi connectivity index (χ3n) is 2.96. The fraction of sp³-hybridized carbons (Fsp3) is 0.0667. The number of sulfone groups is 1. The maximum absolute atomic E-state index is 11.8. The van der Waals surface area contributed by atoms with Gasteiger partial charge in [-0.05, 0) is 36.4 Å². The Kier molecular flexibility index (Phi) is 4.01. The molecule has 0 bridgehead atoms. The lowest BCUT2D eigenvalue weighted by Crippen LogP contribution is -2.07. The van der Waals surface area contributed by atoms with Gasteiger partial charge in [-0.3, -0.25) is 10.1 Å². The Bertz CT molecular complexity index is 986. The smallest absolute Gasteiger partial charge is 0.250 e. The highest BCUT2D eigenvalue weighted by Gasteiger charge is 2.11. The topological polar surface area (TPSA) is 89.3 Å². The van der Waals surface area contributed by atoms with E-state index in [-0.39, 0.29) is 10.8 Å². The summed E-state index contributed by atoms with van der Waals surface area (Å²) in [4.78, 5) is 16.3. The standard InChI is InChI=1S/C15H12N2O4S2/c1-23(19,20)11-5-6-12-13(9-11)22-15(16-12)17-14(18)7-4-10-3-2-8-21-10/h2-9H,1H3,(H,16,17,18). The van der Waals surface area contributed by atoms with Gasteiger partial charge >= 0.3 is 0 Å². The highest BCUT2D eigenvalue weighted by molar-refractivity contribution is 7.90. The van der Waals surface area contributed by atoms with E-state index in [9.17, 15) is 13.2 Å². The normalized spacial score (nSPS) is 12.0. The maximum Gasteiger partial charge on any atom is 0.250 e. The van der Waals surface area contributed by atoms with Crippen LogP contribution in [0.25, 0.3) is 16.3 Å². The van der Waals surface area contributed by atoms with Gasteiger partial charge in [0.15, 0.2) is 15.0 Å². The Morgan fingerprint density at radius 1 is 1.35 bits per heavy atom. The summed E-state index contributed by atoms with van der Waals surface area (Å²) in [7, 11) is -3.27. The Hall–Kier alpha value is -2.45. The molecule has 0 aliphatic heterocycles. The molecule has 0 spiro atoms. The molecule has 2 heterocycles. The van der Waals surface area contributed by atoms with E-state index in [0.717, 1.165) is 6.26 Å². The fourth-order valence-corrected chi connectivity index (χ4v) is 3.51. The van der Waals surface area contributed by atoms with Gasteiger partial charge in [-0.15, -0.1) is 0 Å². The van der Waals surface area contributed by atoms with Gasteiger partial charge in [0.25, 0.3) is 0 Å². The van der Waals surface area contributed by atoms with Gasteiger partial charge in [0.1, 0.15) is 5.76 Å². The number of carbonyl (C=O) groups is 1. The Morgan fingerprint density at radius 2 is 2.17 bits per heavy atom. The quantitative estimate of drug-likeness (QED) is 0.732. The molecule has 8 heteroatoms. The number of hydrogen-bond acceptors (Lipinski definition) is 6. The van der Waals surface area contributed by atoms with E-state index in [1.165, 1.54) is 29.7 Å². The molecule has 1 amide bonds. The maximum atomic E-state index is 11.8. The summed E-state index contributed by atoms with van der Waals surface area (Å²) >= 11 is 1.21. The average Bonchev–Trinajstić information content (AvgIpc) is 3.12. The van der Waals surface area contributed by atoms with Crippen LogP contribution in [0.5, 0.6) is 0 Å². The predicted molar refractivity (Wildman–Crippen MR) is 89.1 cm³/mol. The van der Waals surface area contributed by atoms with E-state index in [4.69, 9.17) is 4.42 Å². The molecule has 0 fully saturated rings. The predicted octanol–water partition coefficient (Wildman–Crippen LogP) is 2.94. The number of fused-ring (bicyclic) bond motifs is 1. The number of benzene rings is 1. The minimum absolute atomic E-state index is 0.226. The first-order chi connectivity index (χ1) is 10.9. The van der Waals surface area contributed by atoms with Gasteiger partial charge in [-0.25, -0.2) is 13.4 Å². The van der Waals surface area contributed by atoms with Crippen LogP contribution in [0.4, 0.5) is 5.13 Å². The Balaban J connectivity index is 1.79. The van der Waals surface area contributed by atoms with E-state index in [2.05, 4.69) is 10.3 Å². The van der Waals surface area contributed by atoms with Crippen LogP contribution in [-0.4, -0.2) is 25.6 Å². The van der Waals surface area contributed by atoms with Crippen LogP contribution in [0.1, 0.15) is 5.76 Å². The lowest BCUT2D eigenvalue weighted by Gasteiger charge is -1.96. The number of thiazole rings is 1. The van der Waals surface area contributed by atoms with Crippen molar-refractivity contribution in [3.8, 4) is 0 Å². The summed E-state index contributed by atoms with van der Waals surface area (Å²) in [6, 6.07) is 8.13. The number of amides is 1. The zero-order valence-electron chi connectivity index (χ0n) is 12.0. The van der Waals surface area contributed by atoms with Crippen LogP contribution in [0.3, 0.4) is 0 Å². The zero-order chi connectivity index (χ0) is 16.4. The number of carbonyl (C=O) groups excluding carboxylic acids is 1. The van der Waals surface area contributed by atoms with Gasteiger partial charge < -0.3 is 4.42 Å². The summed E-state index contributed by atoms with van der Waals surface area (Å²) in [6.07, 6.45) is 5.55. The SMILES string of the molecule is CS(=O)(=O)c1ccc2nc(NC(=O)C=Cc3ccco3)sc2c1. The first-order valence-corrected chi connectivity index (χ1v) is 9.26. The molecular weight excluding hydrogens is 336 g/mol. The van der Waals surface area contributed by atoms with E-state index in [1.54, 1.807) is 30.3 Å². The second-order valence-corrected chi connectivity index (χ2v) is 7.81. The molecular formula is C15H12N2O4S2. The first-order valence-electron chi connectivity index (χ1n) is 6.55. The van der Waals surface area contributed by atoms with Crippen LogP contribution >= 0.6 is 11.3 Å². The highest BCUT2D eigenvalue weighted by atomic mass is 32.2. The van der Waals surface area contributed by atoms with E-state index in [1.807, 2.05) is 0 Å². The van der Waals surface area contributed by atoms with Crippen molar-refractivity contribution in [1.29, 1.82) is 0 Å². The van der Waals surface area contributed by atoms with Crippen molar-refractivity contribution >= 4 is 48.5 Å². The van der Waals surface area contributed by atoms with Crippen LogP contribution in [0.15, 0.2) is 52.0 Å². The van der Waals surface area contributed by atoms with Crippen molar-refractivity contribution in [2.75, 3.05) is 11.6 Å². The summed E-state index contributed by atoms with van der Waals surface area (Å²) in [5, 5.41) is 3.05. The van der Waals surface area contributed by atoms with Gasteiger partial charge in [0.05, 0.1) is 21.4 Å². The summed E-state index contributed by atoms with van der Waals surface area (Å²) in [5.74, 6) is 0.228. The minimum Gasteiger partial charge on any atom is -0.465 e. The van der Waals surface area contributed by atoms with Crippen molar-refractivity contribution in [2.45, 2.75) is 4.90 Å². The summed E-state index contributed by atoms with van der Waals surface area (Å²) in [5.41, 5.74) is 0.632. The molecule has 0 saturated heterocycles. The fourth-order valence-electron chi connectivity index (χ4n) is 1.88. The van der Waals surface area contributed by atoms with Crippen molar-refractivity contribution in [1.82, 2.24) is 4.98 Å². The average molecular weight is 348 g/mol. The number of rotatable bonds is 4. The van der Waals surface area contributed by atoms with Crippen LogP contribution in [-0.2, 0) is 14.6 Å². The second-order valence-electron chi connectivity index (χ2n) is 4.76. The Labute approximate surface area is 136 Å². The molecule has 118 valence electrons. The molecule has 3 aromatic rings. The van der Waals surface area contributed by atoms with Crippen molar-refractivity contribution in [3.63, 3.8) is 0 Å². The lowest BCUT2D eigenvalue weighted by molar-refractivity contribution is -0.111. The molecule has 1 aromatic carbocycles. The van der Waals surface area contributed by atoms with Crippen molar-refractivity contribution in [3.05, 3.63) is 48.4 Å². The molecule has 1 N–H and O–H groups in total. The number of hydrogen-bond donors (Lipinski definition) is 1.